The zero-order chi connectivity index (χ0) is 24.6. The van der Waals surface area contributed by atoms with Crippen molar-refractivity contribution < 1.29 is 30.8 Å². The van der Waals surface area contributed by atoms with Crippen LogP contribution in [0.15, 0.2) is 30.3 Å². The Labute approximate surface area is 190 Å². The molecule has 1 saturated heterocycles. The monoisotopic (exact) mass is 487 g/mol. The number of rotatable bonds is 6. The number of pyridine rings is 1. The number of hydrogen-bond donors (Lipinski definition) is 1. The Morgan fingerprint density at radius 2 is 1.82 bits per heavy atom. The summed E-state index contributed by atoms with van der Waals surface area (Å²) in [5.74, 6) is -1.87. The summed E-state index contributed by atoms with van der Waals surface area (Å²) in [6.07, 6.45) is -2.24. The van der Waals surface area contributed by atoms with Gasteiger partial charge in [0.1, 0.15) is 17.3 Å². The third-order valence-electron chi connectivity index (χ3n) is 5.70. The highest BCUT2D eigenvalue weighted by atomic mass is 32.2. The van der Waals surface area contributed by atoms with Gasteiger partial charge in [0, 0.05) is 19.0 Å². The van der Waals surface area contributed by atoms with Gasteiger partial charge in [-0.1, -0.05) is 19.9 Å². The number of ketones is 1. The maximum atomic E-state index is 14.4. The van der Waals surface area contributed by atoms with Gasteiger partial charge in [0.05, 0.1) is 17.5 Å². The molecule has 6 nitrogen and oxygen atoms in total. The zero-order valence-corrected chi connectivity index (χ0v) is 19.2. The molecule has 1 aliphatic heterocycles. The molecule has 1 aromatic heterocycles. The third-order valence-corrected chi connectivity index (χ3v) is 6.29. The van der Waals surface area contributed by atoms with Crippen molar-refractivity contribution in [2.75, 3.05) is 29.0 Å². The second kappa shape index (κ2) is 9.28. The number of halogens is 4. The van der Waals surface area contributed by atoms with Crippen LogP contribution < -0.4 is 9.62 Å². The predicted molar refractivity (Wildman–Crippen MR) is 117 cm³/mol. The molecule has 33 heavy (non-hydrogen) atoms. The molecule has 2 aromatic rings. The Morgan fingerprint density at radius 1 is 1.18 bits per heavy atom. The molecule has 1 fully saturated rings. The minimum Gasteiger partial charge on any atom is -0.356 e. The molecule has 0 amide bonds. The number of carbonyl (C=O) groups is 1. The number of nitrogens with one attached hydrogen (secondary N) is 1. The summed E-state index contributed by atoms with van der Waals surface area (Å²) in [4.78, 5) is 18.8. The van der Waals surface area contributed by atoms with Gasteiger partial charge in [-0.2, -0.15) is 13.2 Å². The van der Waals surface area contributed by atoms with Crippen LogP contribution in [0.1, 0.15) is 54.2 Å². The fourth-order valence-corrected chi connectivity index (χ4v) is 4.29. The van der Waals surface area contributed by atoms with Crippen LogP contribution in [0, 0.1) is 11.7 Å². The van der Waals surface area contributed by atoms with Crippen LogP contribution in [0.25, 0.3) is 0 Å². The van der Waals surface area contributed by atoms with E-state index >= 15 is 0 Å². The molecule has 0 saturated carbocycles. The van der Waals surface area contributed by atoms with Crippen molar-refractivity contribution in [1.82, 2.24) is 4.98 Å². The van der Waals surface area contributed by atoms with Crippen LogP contribution in [-0.4, -0.2) is 38.5 Å². The lowest BCUT2D eigenvalue weighted by Gasteiger charge is -2.33. The number of piperidine rings is 1. The number of alkyl halides is 3. The van der Waals surface area contributed by atoms with Crippen LogP contribution in [0.3, 0.4) is 0 Å². The van der Waals surface area contributed by atoms with E-state index in [1.54, 1.807) is 4.90 Å². The quantitative estimate of drug-likeness (QED) is 0.466. The average Bonchev–Trinajstić information content (AvgIpc) is 2.73. The largest absolute Gasteiger partial charge is 0.433 e. The van der Waals surface area contributed by atoms with Crippen molar-refractivity contribution in [3.8, 4) is 0 Å². The fourth-order valence-electron chi connectivity index (χ4n) is 3.73. The van der Waals surface area contributed by atoms with Crippen molar-refractivity contribution in [2.24, 2.45) is 5.92 Å². The van der Waals surface area contributed by atoms with Gasteiger partial charge in [-0.25, -0.2) is 17.8 Å². The summed E-state index contributed by atoms with van der Waals surface area (Å²) < 4.78 is 79.0. The number of benzene rings is 1. The third kappa shape index (κ3) is 6.01. The van der Waals surface area contributed by atoms with Crippen molar-refractivity contribution >= 4 is 27.3 Å². The lowest BCUT2D eigenvalue weighted by molar-refractivity contribution is -0.141. The number of Topliss-reactive ketones (excluding diaryl/α,β-unsaturated/α-hetero) is 1. The lowest BCUT2D eigenvalue weighted by Crippen LogP contribution is -2.35. The molecular formula is C22H25F4N3O3S. The summed E-state index contributed by atoms with van der Waals surface area (Å²) in [5.41, 5.74) is -1.05. The van der Waals surface area contributed by atoms with Gasteiger partial charge in [0.25, 0.3) is 0 Å². The van der Waals surface area contributed by atoms with E-state index in [0.717, 1.165) is 37.3 Å². The van der Waals surface area contributed by atoms with Gasteiger partial charge >= 0.3 is 6.18 Å². The Balaban J connectivity index is 1.96. The fraction of sp³-hybridized carbons (Fsp3) is 0.455. The van der Waals surface area contributed by atoms with E-state index in [1.807, 2.05) is 4.72 Å². The lowest BCUT2D eigenvalue weighted by atomic mass is 9.91. The molecule has 0 spiro atoms. The summed E-state index contributed by atoms with van der Waals surface area (Å²) in [6.45, 7) is 4.53. The van der Waals surface area contributed by atoms with E-state index in [4.69, 9.17) is 0 Å². The minimum absolute atomic E-state index is 0.0237. The van der Waals surface area contributed by atoms with E-state index in [2.05, 4.69) is 11.9 Å². The van der Waals surface area contributed by atoms with Gasteiger partial charge in [-0.05, 0) is 48.6 Å². The Hall–Kier alpha value is -2.69. The highest BCUT2D eigenvalue weighted by Gasteiger charge is 2.35. The number of hydrogen-bond acceptors (Lipinski definition) is 5. The highest BCUT2D eigenvalue weighted by Crippen LogP contribution is 2.34. The first-order valence-corrected chi connectivity index (χ1v) is 12.3. The van der Waals surface area contributed by atoms with Crippen molar-refractivity contribution in [3.05, 3.63) is 53.0 Å². The molecule has 2 heterocycles. The van der Waals surface area contributed by atoms with Crippen LogP contribution in [-0.2, 0) is 16.2 Å². The van der Waals surface area contributed by atoms with Crippen molar-refractivity contribution in [1.29, 1.82) is 0 Å². The molecule has 0 radical (unpaired) electrons. The molecule has 1 N–H and O–H groups in total. The van der Waals surface area contributed by atoms with Gasteiger partial charge < -0.3 is 4.90 Å². The number of carbonyl (C=O) groups excluding carboxylic acids is 1. The highest BCUT2D eigenvalue weighted by molar-refractivity contribution is 7.92. The number of sulfonamides is 1. The van der Waals surface area contributed by atoms with Gasteiger partial charge in [0.15, 0.2) is 5.78 Å². The maximum Gasteiger partial charge on any atom is 0.433 e. The summed E-state index contributed by atoms with van der Waals surface area (Å²) in [6, 6.07) is 5.54. The summed E-state index contributed by atoms with van der Waals surface area (Å²) in [7, 11) is -3.69. The second-order valence-electron chi connectivity index (χ2n) is 8.43. The minimum atomic E-state index is -4.66. The summed E-state index contributed by atoms with van der Waals surface area (Å²) in [5, 5.41) is 0. The number of nitrogens with zero attached hydrogens (tertiary/aromatic N) is 2. The van der Waals surface area contributed by atoms with E-state index in [0.29, 0.717) is 19.0 Å². The Morgan fingerprint density at radius 3 is 2.36 bits per heavy atom. The Kier molecular flexibility index (Phi) is 7.01. The smallest absolute Gasteiger partial charge is 0.356 e. The van der Waals surface area contributed by atoms with Gasteiger partial charge in [0.2, 0.25) is 10.0 Å². The van der Waals surface area contributed by atoms with E-state index in [1.165, 1.54) is 19.1 Å². The molecule has 1 atom stereocenters. The van der Waals surface area contributed by atoms with Crippen LogP contribution >= 0.6 is 0 Å². The number of aromatic nitrogens is 1. The van der Waals surface area contributed by atoms with Crippen LogP contribution in [0.5, 0.6) is 0 Å². The molecule has 1 aliphatic rings. The SMILES string of the molecule is CC1CCN(c2nc(C(F)(F)F)ccc2C(=O)[C@@H](C)c2ccc(NS(C)(=O)=O)c(F)c2)CC1. The van der Waals surface area contributed by atoms with E-state index in [9.17, 15) is 30.8 Å². The first kappa shape index (κ1) is 24.9. The molecule has 0 aliphatic carbocycles. The Bertz CT molecular complexity index is 1140. The molecule has 180 valence electrons. The number of anilines is 2. The average molecular weight is 488 g/mol. The predicted octanol–water partition coefficient (Wildman–Crippen LogP) is 4.83. The normalized spacial score (nSPS) is 16.5. The first-order valence-electron chi connectivity index (χ1n) is 10.4. The van der Waals surface area contributed by atoms with E-state index < -0.39 is 39.4 Å². The van der Waals surface area contributed by atoms with Crippen molar-refractivity contribution in [3.63, 3.8) is 0 Å². The molecule has 11 heteroatoms. The second-order valence-corrected chi connectivity index (χ2v) is 10.2. The van der Waals surface area contributed by atoms with Crippen LogP contribution in [0.2, 0.25) is 0 Å². The molecule has 3 rings (SSSR count). The summed E-state index contributed by atoms with van der Waals surface area (Å²) >= 11 is 0. The standard InChI is InChI=1S/C22H25F4N3O3S/c1-13-8-10-29(11-9-13)21-16(5-7-19(27-21)22(24,25)26)20(30)14(2)15-4-6-18(17(23)12-15)28-33(3,31)32/h4-7,12-14,28H,8-11H2,1-3H3/t14-/m0/s1. The zero-order valence-electron chi connectivity index (χ0n) is 18.4. The molecular weight excluding hydrogens is 462 g/mol. The molecule has 0 bridgehead atoms. The van der Waals surface area contributed by atoms with Gasteiger partial charge in [-0.3, -0.25) is 9.52 Å². The first-order chi connectivity index (χ1) is 15.3. The molecule has 1 aromatic carbocycles. The topological polar surface area (TPSA) is 79.4 Å². The maximum absolute atomic E-state index is 14.4. The molecule has 0 unspecified atom stereocenters. The van der Waals surface area contributed by atoms with Gasteiger partial charge in [-0.15, -0.1) is 0 Å². The van der Waals surface area contributed by atoms with E-state index in [-0.39, 0.29) is 22.6 Å². The van der Waals surface area contributed by atoms with Crippen molar-refractivity contribution in [2.45, 2.75) is 38.8 Å². The van der Waals surface area contributed by atoms with Crippen LogP contribution in [0.4, 0.5) is 29.1 Å².